The van der Waals surface area contributed by atoms with Crippen LogP contribution in [0.25, 0.3) is 0 Å². The Morgan fingerprint density at radius 1 is 1.09 bits per heavy atom. The van der Waals surface area contributed by atoms with Gasteiger partial charge in [-0.2, -0.15) is 0 Å². The maximum Gasteiger partial charge on any atom is 0.275 e. The van der Waals surface area contributed by atoms with Gasteiger partial charge in [-0.15, -0.1) is 11.3 Å². The third-order valence-electron chi connectivity index (χ3n) is 3.24. The molecule has 0 atom stereocenters. The molecule has 0 aliphatic carbocycles. The van der Waals surface area contributed by atoms with Gasteiger partial charge in [-0.05, 0) is 31.0 Å². The summed E-state index contributed by atoms with van der Waals surface area (Å²) in [6.07, 6.45) is 3.27. The molecule has 0 saturated carbocycles. The van der Waals surface area contributed by atoms with Crippen LogP contribution in [0.2, 0.25) is 0 Å². The van der Waals surface area contributed by atoms with Gasteiger partial charge in [0.05, 0.1) is 0 Å². The number of amides is 1. The summed E-state index contributed by atoms with van der Waals surface area (Å²) in [6.45, 7) is 3.92. The molecule has 0 aliphatic heterocycles. The minimum atomic E-state index is -0.235. The Bertz CT molecular complexity index is 811. The lowest BCUT2D eigenvalue weighted by molar-refractivity contribution is 0.102. The fraction of sp³-hybridized carbons (Fsp3) is 0.125. The van der Waals surface area contributed by atoms with E-state index in [1.807, 2.05) is 32.0 Å². The maximum absolute atomic E-state index is 12.4. The fourth-order valence-corrected chi connectivity index (χ4v) is 2.77. The van der Waals surface area contributed by atoms with Crippen LogP contribution in [0.3, 0.4) is 0 Å². The molecule has 2 aromatic heterocycles. The smallest absolute Gasteiger partial charge is 0.275 e. The number of nitrogens with one attached hydrogen (secondary N) is 2. The van der Waals surface area contributed by atoms with Gasteiger partial charge < -0.3 is 10.6 Å². The van der Waals surface area contributed by atoms with E-state index in [0.29, 0.717) is 16.8 Å². The van der Waals surface area contributed by atoms with Gasteiger partial charge in [0, 0.05) is 23.5 Å². The van der Waals surface area contributed by atoms with E-state index in [1.54, 1.807) is 23.8 Å². The summed E-state index contributed by atoms with van der Waals surface area (Å²) < 4.78 is 0. The minimum Gasteiger partial charge on any atom is -0.320 e. The van der Waals surface area contributed by atoms with Crippen molar-refractivity contribution in [2.45, 2.75) is 13.8 Å². The lowest BCUT2D eigenvalue weighted by Crippen LogP contribution is -2.14. The summed E-state index contributed by atoms with van der Waals surface area (Å²) in [5.74, 6) is 0.212. The van der Waals surface area contributed by atoms with E-state index in [0.717, 1.165) is 16.8 Å². The van der Waals surface area contributed by atoms with E-state index in [2.05, 4.69) is 25.6 Å². The highest BCUT2D eigenvalue weighted by Gasteiger charge is 2.13. The van der Waals surface area contributed by atoms with Crippen LogP contribution in [0, 0.1) is 13.8 Å². The highest BCUT2D eigenvalue weighted by Crippen LogP contribution is 2.22. The first-order valence-corrected chi connectivity index (χ1v) is 7.88. The maximum atomic E-state index is 12.4. The van der Waals surface area contributed by atoms with E-state index < -0.39 is 0 Å². The van der Waals surface area contributed by atoms with Crippen LogP contribution < -0.4 is 10.6 Å². The molecule has 0 saturated heterocycles. The molecule has 116 valence electrons. The molecule has 2 heterocycles. The molecular weight excluding hydrogens is 310 g/mol. The zero-order chi connectivity index (χ0) is 16.2. The number of benzene rings is 1. The van der Waals surface area contributed by atoms with Crippen molar-refractivity contribution < 1.29 is 4.79 Å². The third-order valence-corrected chi connectivity index (χ3v) is 4.00. The fourth-order valence-electron chi connectivity index (χ4n) is 2.08. The number of rotatable bonds is 4. The van der Waals surface area contributed by atoms with E-state index in [9.17, 15) is 4.79 Å². The lowest BCUT2D eigenvalue weighted by Gasteiger charge is -2.10. The number of carbonyl (C=O) groups is 1. The molecule has 0 aliphatic rings. The van der Waals surface area contributed by atoms with Gasteiger partial charge in [0.2, 0.25) is 5.95 Å². The number of nitrogens with zero attached hydrogens (tertiary/aromatic N) is 3. The zero-order valence-electron chi connectivity index (χ0n) is 12.7. The van der Waals surface area contributed by atoms with Gasteiger partial charge >= 0.3 is 0 Å². The average molecular weight is 325 g/mol. The highest BCUT2D eigenvalue weighted by atomic mass is 32.1. The van der Waals surface area contributed by atoms with E-state index in [1.165, 1.54) is 11.3 Å². The van der Waals surface area contributed by atoms with Crippen LogP contribution >= 0.6 is 11.3 Å². The Labute approximate surface area is 137 Å². The summed E-state index contributed by atoms with van der Waals surface area (Å²) in [6, 6.07) is 7.62. The molecule has 3 aromatic rings. The van der Waals surface area contributed by atoms with E-state index in [-0.39, 0.29) is 5.91 Å². The number of hydrogen-bond acceptors (Lipinski definition) is 6. The van der Waals surface area contributed by atoms with Crippen molar-refractivity contribution in [3.63, 3.8) is 0 Å². The normalized spacial score (nSPS) is 10.3. The third kappa shape index (κ3) is 3.51. The SMILES string of the molecule is Cc1cccc(C)c1NC(=O)c1csc(Nc2ncccn2)n1. The number of aryl methyl sites for hydroxylation is 2. The van der Waals surface area contributed by atoms with Crippen molar-refractivity contribution in [3.8, 4) is 0 Å². The quantitative estimate of drug-likeness (QED) is 0.767. The molecule has 0 spiro atoms. The minimum absolute atomic E-state index is 0.235. The van der Waals surface area contributed by atoms with Gasteiger partial charge in [-0.25, -0.2) is 15.0 Å². The number of thiazole rings is 1. The Hall–Kier alpha value is -2.80. The first kappa shape index (κ1) is 15.1. The van der Waals surface area contributed by atoms with E-state index >= 15 is 0 Å². The second kappa shape index (κ2) is 6.53. The van der Waals surface area contributed by atoms with Crippen LogP contribution in [-0.4, -0.2) is 20.9 Å². The molecule has 3 rings (SSSR count). The highest BCUT2D eigenvalue weighted by molar-refractivity contribution is 7.14. The number of anilines is 3. The Morgan fingerprint density at radius 3 is 2.48 bits per heavy atom. The second-order valence-corrected chi connectivity index (χ2v) is 5.81. The molecule has 0 radical (unpaired) electrons. The lowest BCUT2D eigenvalue weighted by atomic mass is 10.1. The largest absolute Gasteiger partial charge is 0.320 e. The van der Waals surface area contributed by atoms with Crippen molar-refractivity contribution in [2.24, 2.45) is 0 Å². The summed E-state index contributed by atoms with van der Waals surface area (Å²) in [5.41, 5.74) is 3.22. The molecule has 2 N–H and O–H groups in total. The molecule has 6 nitrogen and oxygen atoms in total. The summed E-state index contributed by atoms with van der Waals surface area (Å²) >= 11 is 1.33. The number of aromatic nitrogens is 3. The molecule has 0 fully saturated rings. The molecule has 1 amide bonds. The van der Waals surface area contributed by atoms with Crippen molar-refractivity contribution in [2.75, 3.05) is 10.6 Å². The predicted octanol–water partition coefficient (Wildman–Crippen LogP) is 3.55. The van der Waals surface area contributed by atoms with Gasteiger partial charge in [0.1, 0.15) is 5.69 Å². The number of para-hydroxylation sites is 1. The number of carbonyl (C=O) groups excluding carboxylic acids is 1. The van der Waals surface area contributed by atoms with Gasteiger partial charge in [-0.3, -0.25) is 4.79 Å². The van der Waals surface area contributed by atoms with Crippen molar-refractivity contribution >= 4 is 34.0 Å². The molecular formula is C16H15N5OS. The topological polar surface area (TPSA) is 79.8 Å². The molecule has 1 aromatic carbocycles. The van der Waals surface area contributed by atoms with Crippen LogP contribution in [0.15, 0.2) is 42.0 Å². The first-order valence-electron chi connectivity index (χ1n) is 7.00. The van der Waals surface area contributed by atoms with Crippen molar-refractivity contribution in [1.29, 1.82) is 0 Å². The summed E-state index contributed by atoms with van der Waals surface area (Å²) in [5, 5.41) is 8.16. The standard InChI is InChI=1S/C16H15N5OS/c1-10-5-3-6-11(2)13(10)20-14(22)12-9-23-16(19-12)21-15-17-7-4-8-18-15/h3-9H,1-2H3,(H,20,22)(H,17,18,19,21). The van der Waals surface area contributed by atoms with Gasteiger partial charge in [0.25, 0.3) is 5.91 Å². The Balaban J connectivity index is 1.74. The van der Waals surface area contributed by atoms with Crippen LogP contribution in [0.4, 0.5) is 16.8 Å². The monoisotopic (exact) mass is 325 g/mol. The van der Waals surface area contributed by atoms with Crippen molar-refractivity contribution in [3.05, 3.63) is 58.9 Å². The molecule has 0 bridgehead atoms. The second-order valence-electron chi connectivity index (χ2n) is 4.96. The molecule has 0 unspecified atom stereocenters. The van der Waals surface area contributed by atoms with Crippen LogP contribution in [-0.2, 0) is 0 Å². The predicted molar refractivity (Wildman–Crippen MR) is 91.3 cm³/mol. The average Bonchev–Trinajstić information content (AvgIpc) is 3.00. The Morgan fingerprint density at radius 2 is 1.78 bits per heavy atom. The molecule has 23 heavy (non-hydrogen) atoms. The van der Waals surface area contributed by atoms with Gasteiger partial charge in [-0.1, -0.05) is 18.2 Å². The van der Waals surface area contributed by atoms with E-state index in [4.69, 9.17) is 0 Å². The van der Waals surface area contributed by atoms with Crippen molar-refractivity contribution in [1.82, 2.24) is 15.0 Å². The van der Waals surface area contributed by atoms with Gasteiger partial charge in [0.15, 0.2) is 5.13 Å². The Kier molecular flexibility index (Phi) is 4.29. The van der Waals surface area contributed by atoms with Crippen LogP contribution in [0.1, 0.15) is 21.6 Å². The number of hydrogen-bond donors (Lipinski definition) is 2. The summed E-state index contributed by atoms with van der Waals surface area (Å²) in [4.78, 5) is 24.8. The zero-order valence-corrected chi connectivity index (χ0v) is 13.5. The first-order chi connectivity index (χ1) is 11.1. The van der Waals surface area contributed by atoms with Crippen LogP contribution in [0.5, 0.6) is 0 Å². The summed E-state index contributed by atoms with van der Waals surface area (Å²) in [7, 11) is 0. The molecule has 7 heteroatoms.